The summed E-state index contributed by atoms with van der Waals surface area (Å²) in [5.41, 5.74) is 2.34. The highest BCUT2D eigenvalue weighted by atomic mass is 19.1. The Morgan fingerprint density at radius 1 is 1.30 bits per heavy atom. The molecule has 0 amide bonds. The number of rotatable bonds is 3. The number of piperidine rings is 1. The van der Waals surface area contributed by atoms with Crippen molar-refractivity contribution < 1.29 is 9.50 Å². The summed E-state index contributed by atoms with van der Waals surface area (Å²) >= 11 is 0. The molecule has 2 aliphatic heterocycles. The summed E-state index contributed by atoms with van der Waals surface area (Å²) in [6, 6.07) is 4.66. The Balaban J connectivity index is 1.67. The summed E-state index contributed by atoms with van der Waals surface area (Å²) in [6.45, 7) is 1.97. The standard InChI is InChI=1S/C16H17FN2O/c17-12-3-4-13(16(20)14-2-1-5-18-14)15(7-12)19-8-10-6-11(10)9-19/h1,3-5,7,10-11,16,20H,2,6,8-9H2. The zero-order valence-corrected chi connectivity index (χ0v) is 11.2. The van der Waals surface area contributed by atoms with Crippen LogP contribution in [-0.4, -0.2) is 23.9 Å². The second kappa shape index (κ2) is 4.42. The topological polar surface area (TPSA) is 35.8 Å². The molecule has 104 valence electrons. The van der Waals surface area contributed by atoms with Crippen molar-refractivity contribution in [1.29, 1.82) is 0 Å². The number of allylic oxidation sites excluding steroid dienone is 1. The lowest BCUT2D eigenvalue weighted by atomic mass is 10.0. The number of hydrogen-bond acceptors (Lipinski definition) is 3. The maximum Gasteiger partial charge on any atom is 0.125 e. The summed E-state index contributed by atoms with van der Waals surface area (Å²) in [5, 5.41) is 10.5. The van der Waals surface area contributed by atoms with Crippen molar-refractivity contribution in [3.05, 3.63) is 41.9 Å². The highest BCUT2D eigenvalue weighted by molar-refractivity contribution is 5.93. The third-order valence-corrected chi connectivity index (χ3v) is 4.59. The fourth-order valence-electron chi connectivity index (χ4n) is 3.35. The number of aliphatic hydroxyl groups is 1. The lowest BCUT2D eigenvalue weighted by molar-refractivity contribution is 0.246. The predicted molar refractivity (Wildman–Crippen MR) is 76.4 cm³/mol. The molecule has 1 aliphatic carbocycles. The van der Waals surface area contributed by atoms with E-state index >= 15 is 0 Å². The third kappa shape index (κ3) is 1.95. The number of nitrogens with zero attached hydrogens (tertiary/aromatic N) is 2. The molecular formula is C16H17FN2O. The summed E-state index contributed by atoms with van der Waals surface area (Å²) in [4.78, 5) is 6.41. The first-order valence-corrected chi connectivity index (χ1v) is 7.16. The predicted octanol–water partition coefficient (Wildman–Crippen LogP) is 2.67. The number of fused-ring (bicyclic) bond motifs is 1. The molecule has 0 spiro atoms. The quantitative estimate of drug-likeness (QED) is 0.918. The number of anilines is 1. The SMILES string of the molecule is OC(C1=NC=CC1)c1ccc(F)cc1N1CC2CC2C1. The minimum atomic E-state index is -0.738. The number of halogens is 1. The van der Waals surface area contributed by atoms with E-state index in [0.29, 0.717) is 6.42 Å². The number of benzene rings is 1. The normalized spacial score (nSPS) is 28.5. The maximum atomic E-state index is 13.6. The molecule has 2 fully saturated rings. The van der Waals surface area contributed by atoms with Crippen LogP contribution in [-0.2, 0) is 0 Å². The van der Waals surface area contributed by atoms with E-state index in [0.717, 1.165) is 41.9 Å². The summed E-state index contributed by atoms with van der Waals surface area (Å²) in [7, 11) is 0. The van der Waals surface area contributed by atoms with Gasteiger partial charge in [-0.15, -0.1) is 0 Å². The molecule has 0 aromatic heterocycles. The monoisotopic (exact) mass is 272 g/mol. The van der Waals surface area contributed by atoms with Crippen molar-refractivity contribution in [2.45, 2.75) is 18.9 Å². The molecule has 20 heavy (non-hydrogen) atoms. The summed E-state index contributed by atoms with van der Waals surface area (Å²) in [5.74, 6) is 1.30. The van der Waals surface area contributed by atoms with E-state index in [9.17, 15) is 9.50 Å². The lowest BCUT2D eigenvalue weighted by Gasteiger charge is -2.25. The highest BCUT2D eigenvalue weighted by Crippen LogP contribution is 2.47. The fraction of sp³-hybridized carbons (Fsp3) is 0.438. The lowest BCUT2D eigenvalue weighted by Crippen LogP contribution is -2.25. The van der Waals surface area contributed by atoms with Crippen LogP contribution in [0.1, 0.15) is 24.5 Å². The Bertz CT molecular complexity index is 600. The van der Waals surface area contributed by atoms with Crippen molar-refractivity contribution in [3.63, 3.8) is 0 Å². The van der Waals surface area contributed by atoms with Gasteiger partial charge in [0, 0.05) is 37.0 Å². The van der Waals surface area contributed by atoms with Gasteiger partial charge in [-0.25, -0.2) is 4.39 Å². The number of aliphatic imine (C=N–C) groups is 1. The van der Waals surface area contributed by atoms with E-state index in [4.69, 9.17) is 0 Å². The summed E-state index contributed by atoms with van der Waals surface area (Å²) < 4.78 is 13.6. The van der Waals surface area contributed by atoms with E-state index < -0.39 is 6.10 Å². The molecule has 0 bridgehead atoms. The van der Waals surface area contributed by atoms with Crippen LogP contribution in [0.5, 0.6) is 0 Å². The Hall–Kier alpha value is -1.68. The van der Waals surface area contributed by atoms with Crippen LogP contribution in [0.3, 0.4) is 0 Å². The third-order valence-electron chi connectivity index (χ3n) is 4.59. The van der Waals surface area contributed by atoms with Gasteiger partial charge in [0.1, 0.15) is 11.9 Å². The van der Waals surface area contributed by atoms with Crippen molar-refractivity contribution in [2.24, 2.45) is 16.8 Å². The molecule has 3 unspecified atom stereocenters. The van der Waals surface area contributed by atoms with Crippen molar-refractivity contribution in [2.75, 3.05) is 18.0 Å². The van der Waals surface area contributed by atoms with Gasteiger partial charge in [0.25, 0.3) is 0 Å². The molecule has 0 radical (unpaired) electrons. The molecule has 1 aromatic carbocycles. The molecule has 4 rings (SSSR count). The molecular weight excluding hydrogens is 255 g/mol. The number of aliphatic hydroxyl groups excluding tert-OH is 1. The van der Waals surface area contributed by atoms with E-state index in [1.165, 1.54) is 12.5 Å². The van der Waals surface area contributed by atoms with Crippen LogP contribution in [0.15, 0.2) is 35.5 Å². The average Bonchev–Trinajstić information content (AvgIpc) is 2.90. The van der Waals surface area contributed by atoms with E-state index in [1.807, 2.05) is 6.08 Å². The van der Waals surface area contributed by atoms with Gasteiger partial charge >= 0.3 is 0 Å². The van der Waals surface area contributed by atoms with Crippen LogP contribution < -0.4 is 4.90 Å². The van der Waals surface area contributed by atoms with Crippen LogP contribution >= 0.6 is 0 Å². The second-order valence-corrected chi connectivity index (χ2v) is 5.98. The van der Waals surface area contributed by atoms with Gasteiger partial charge in [0.15, 0.2) is 0 Å². The molecule has 1 aromatic rings. The Labute approximate surface area is 117 Å². The Morgan fingerprint density at radius 3 is 2.80 bits per heavy atom. The van der Waals surface area contributed by atoms with Gasteiger partial charge < -0.3 is 10.0 Å². The van der Waals surface area contributed by atoms with Gasteiger partial charge in [0.2, 0.25) is 0 Å². The van der Waals surface area contributed by atoms with Crippen molar-refractivity contribution in [3.8, 4) is 0 Å². The average molecular weight is 272 g/mol. The highest BCUT2D eigenvalue weighted by Gasteiger charge is 2.45. The first-order valence-electron chi connectivity index (χ1n) is 7.16. The second-order valence-electron chi connectivity index (χ2n) is 5.98. The van der Waals surface area contributed by atoms with E-state index in [1.54, 1.807) is 18.3 Å². The van der Waals surface area contributed by atoms with E-state index in [-0.39, 0.29) is 5.82 Å². The zero-order valence-electron chi connectivity index (χ0n) is 11.2. The van der Waals surface area contributed by atoms with Gasteiger partial charge in [-0.3, -0.25) is 4.99 Å². The van der Waals surface area contributed by atoms with Crippen LogP contribution in [0.25, 0.3) is 0 Å². The molecule has 2 heterocycles. The van der Waals surface area contributed by atoms with Gasteiger partial charge in [-0.05, 0) is 30.4 Å². The van der Waals surface area contributed by atoms with Crippen molar-refractivity contribution in [1.82, 2.24) is 0 Å². The Morgan fingerprint density at radius 2 is 2.10 bits per heavy atom. The van der Waals surface area contributed by atoms with Crippen LogP contribution in [0.4, 0.5) is 10.1 Å². The fourth-order valence-corrected chi connectivity index (χ4v) is 3.35. The van der Waals surface area contributed by atoms with Gasteiger partial charge in [-0.2, -0.15) is 0 Å². The summed E-state index contributed by atoms with van der Waals surface area (Å²) in [6.07, 6.45) is 4.88. The van der Waals surface area contributed by atoms with Crippen LogP contribution in [0.2, 0.25) is 0 Å². The van der Waals surface area contributed by atoms with Gasteiger partial charge in [0.05, 0.1) is 5.71 Å². The molecule has 4 heteroatoms. The van der Waals surface area contributed by atoms with Crippen LogP contribution in [0, 0.1) is 17.7 Å². The molecule has 3 atom stereocenters. The van der Waals surface area contributed by atoms with E-state index in [2.05, 4.69) is 9.89 Å². The maximum absolute atomic E-state index is 13.6. The Kier molecular flexibility index (Phi) is 2.67. The molecule has 3 aliphatic rings. The molecule has 1 N–H and O–H groups in total. The minimum Gasteiger partial charge on any atom is -0.382 e. The van der Waals surface area contributed by atoms with Crippen molar-refractivity contribution >= 4 is 11.4 Å². The smallest absolute Gasteiger partial charge is 0.125 e. The first kappa shape index (κ1) is 12.1. The zero-order chi connectivity index (χ0) is 13.7. The number of hydrogen-bond donors (Lipinski definition) is 1. The minimum absolute atomic E-state index is 0.247. The molecule has 1 saturated carbocycles. The van der Waals surface area contributed by atoms with Gasteiger partial charge in [-0.1, -0.05) is 12.1 Å². The first-order chi connectivity index (χ1) is 9.72. The largest absolute Gasteiger partial charge is 0.382 e. The molecule has 1 saturated heterocycles. The molecule has 3 nitrogen and oxygen atoms in total.